The van der Waals surface area contributed by atoms with Crippen LogP contribution >= 0.6 is 11.6 Å². The molecule has 3 aromatic carbocycles. The van der Waals surface area contributed by atoms with Crippen LogP contribution in [0.25, 0.3) is 5.57 Å². The van der Waals surface area contributed by atoms with Gasteiger partial charge >= 0.3 is 0 Å². The summed E-state index contributed by atoms with van der Waals surface area (Å²) in [6, 6.07) is 17.9. The lowest BCUT2D eigenvalue weighted by atomic mass is 9.82. The number of rotatable bonds is 10. The zero-order valence-electron chi connectivity index (χ0n) is 24.1. The Morgan fingerprint density at radius 2 is 1.77 bits per heavy atom. The van der Waals surface area contributed by atoms with Crippen molar-refractivity contribution in [2.45, 2.75) is 56.8 Å². The minimum absolute atomic E-state index is 0.0494. The number of ether oxygens (including phenoxy) is 1. The summed E-state index contributed by atoms with van der Waals surface area (Å²) in [6.07, 6.45) is 3.87. The fraction of sp³-hybridized carbons (Fsp3) is 0.382. The molecule has 43 heavy (non-hydrogen) atoms. The van der Waals surface area contributed by atoms with E-state index in [9.17, 15) is 18.0 Å². The Kier molecular flexibility index (Phi) is 8.80. The van der Waals surface area contributed by atoms with Crippen molar-refractivity contribution in [2.75, 3.05) is 26.7 Å². The van der Waals surface area contributed by atoms with E-state index in [0.29, 0.717) is 24.4 Å². The molecular weight excluding hydrogens is 575 g/mol. The van der Waals surface area contributed by atoms with Crippen molar-refractivity contribution in [2.24, 2.45) is 0 Å². The molecule has 2 heterocycles. The number of piperazine rings is 1. The fourth-order valence-electron chi connectivity index (χ4n) is 6.25. The van der Waals surface area contributed by atoms with Crippen molar-refractivity contribution < 1.29 is 22.7 Å². The van der Waals surface area contributed by atoms with Crippen LogP contribution in [-0.4, -0.2) is 60.6 Å². The van der Waals surface area contributed by atoms with Gasteiger partial charge in [0.1, 0.15) is 0 Å². The Bertz CT molecular complexity index is 1530. The van der Waals surface area contributed by atoms with Gasteiger partial charge < -0.3 is 19.9 Å². The van der Waals surface area contributed by atoms with Crippen molar-refractivity contribution >= 4 is 23.1 Å². The second-order valence-electron chi connectivity index (χ2n) is 11.8. The van der Waals surface area contributed by atoms with Crippen molar-refractivity contribution in [1.29, 1.82) is 0 Å². The number of hydrogen-bond acceptors (Lipinski definition) is 4. The van der Waals surface area contributed by atoms with Gasteiger partial charge in [-0.05, 0) is 79.6 Å². The number of aryl methyl sites for hydroxylation is 1. The normalized spacial score (nSPS) is 20.3. The number of fused-ring (bicyclic) bond motifs is 2. The summed E-state index contributed by atoms with van der Waals surface area (Å²) in [5.41, 5.74) is 4.94. The first-order valence-corrected chi connectivity index (χ1v) is 15.2. The van der Waals surface area contributed by atoms with Crippen LogP contribution in [-0.2, 0) is 17.8 Å². The molecule has 1 saturated carbocycles. The van der Waals surface area contributed by atoms with E-state index in [0.717, 1.165) is 72.3 Å². The Hall–Kier alpha value is -3.33. The summed E-state index contributed by atoms with van der Waals surface area (Å²) < 4.78 is 46.4. The molecule has 6 rings (SSSR count). The standard InChI is InChI=1S/C34H35ClF3N3O2/c1-40-19-24-17-26(22-10-8-21(9-11-22)5-4-16-43-33-29(37)15-14-28(36)32(33)38)31(30(20-40)39-24)34(42)41(25-12-13-25)18-23-6-2-3-7-27(23)35/h2-3,6-11,14-15,24-25,30,39H,4-5,12-13,16-20H2,1H3. The molecule has 226 valence electrons. The highest BCUT2D eigenvalue weighted by Crippen LogP contribution is 2.37. The zero-order chi connectivity index (χ0) is 30.1. The number of nitrogens with one attached hydrogen (secondary N) is 1. The van der Waals surface area contributed by atoms with Gasteiger partial charge in [0.15, 0.2) is 17.4 Å². The molecule has 1 saturated heterocycles. The molecule has 9 heteroatoms. The number of likely N-dealkylation sites (N-methyl/N-ethyl adjacent to an activating group) is 1. The maximum atomic E-state index is 14.4. The largest absolute Gasteiger partial charge is 0.488 e. The van der Waals surface area contributed by atoms with Gasteiger partial charge in [0.2, 0.25) is 5.82 Å². The lowest BCUT2D eigenvalue weighted by Gasteiger charge is -2.44. The van der Waals surface area contributed by atoms with Crippen molar-refractivity contribution in [3.05, 3.63) is 105 Å². The van der Waals surface area contributed by atoms with Crippen LogP contribution in [0.15, 0.2) is 66.2 Å². The highest BCUT2D eigenvalue weighted by molar-refractivity contribution is 6.31. The molecule has 5 nitrogen and oxygen atoms in total. The van der Waals surface area contributed by atoms with E-state index in [4.69, 9.17) is 16.3 Å². The summed E-state index contributed by atoms with van der Waals surface area (Å²) in [5, 5.41) is 4.38. The summed E-state index contributed by atoms with van der Waals surface area (Å²) in [6.45, 7) is 2.21. The highest BCUT2D eigenvalue weighted by atomic mass is 35.5. The van der Waals surface area contributed by atoms with Crippen molar-refractivity contribution in [3.63, 3.8) is 0 Å². The van der Waals surface area contributed by atoms with Gasteiger partial charge in [-0.25, -0.2) is 8.78 Å². The number of carbonyl (C=O) groups excluding carboxylic acids is 1. The Morgan fingerprint density at radius 1 is 1.02 bits per heavy atom. The molecule has 1 N–H and O–H groups in total. The quantitative estimate of drug-likeness (QED) is 0.214. The summed E-state index contributed by atoms with van der Waals surface area (Å²) >= 11 is 6.50. The average Bonchev–Trinajstić information content (AvgIpc) is 3.83. The predicted molar refractivity (Wildman–Crippen MR) is 161 cm³/mol. The smallest absolute Gasteiger partial charge is 0.252 e. The van der Waals surface area contributed by atoms with E-state index in [1.807, 2.05) is 41.3 Å². The molecule has 2 aliphatic heterocycles. The molecule has 2 fully saturated rings. The summed E-state index contributed by atoms with van der Waals surface area (Å²) in [4.78, 5) is 18.7. The van der Waals surface area contributed by atoms with Crippen molar-refractivity contribution in [1.82, 2.24) is 15.1 Å². The summed E-state index contributed by atoms with van der Waals surface area (Å²) in [5.74, 6) is -3.99. The molecule has 2 atom stereocenters. The van der Waals surface area contributed by atoms with Crippen LogP contribution in [0, 0.1) is 17.5 Å². The van der Waals surface area contributed by atoms with Crippen LogP contribution in [0.5, 0.6) is 5.75 Å². The number of nitrogens with zero attached hydrogens (tertiary/aromatic N) is 2. The van der Waals surface area contributed by atoms with E-state index in [-0.39, 0.29) is 30.6 Å². The molecule has 2 unspecified atom stereocenters. The fourth-order valence-corrected chi connectivity index (χ4v) is 6.45. The molecule has 0 spiro atoms. The lowest BCUT2D eigenvalue weighted by molar-refractivity contribution is -0.128. The SMILES string of the molecule is CN1CC2CC(c3ccc(CCCOc4c(F)ccc(F)c4F)cc3)=C(C(=O)N(Cc3ccccc3Cl)C3CC3)C(C1)N2. The van der Waals surface area contributed by atoms with Crippen LogP contribution in [0.3, 0.4) is 0 Å². The van der Waals surface area contributed by atoms with E-state index in [1.54, 1.807) is 0 Å². The first kappa shape index (κ1) is 29.7. The molecular formula is C34H35ClF3N3O2. The molecule has 0 aromatic heterocycles. The minimum atomic E-state index is -1.31. The monoisotopic (exact) mass is 609 g/mol. The van der Waals surface area contributed by atoms with Crippen LogP contribution < -0.4 is 10.1 Å². The second-order valence-corrected chi connectivity index (χ2v) is 12.2. The molecule has 2 bridgehead atoms. The van der Waals surface area contributed by atoms with Crippen LogP contribution in [0.1, 0.15) is 42.4 Å². The molecule has 3 aromatic rings. The van der Waals surface area contributed by atoms with Gasteiger partial charge in [0, 0.05) is 42.3 Å². The first-order valence-electron chi connectivity index (χ1n) is 14.9. The number of hydrogen-bond donors (Lipinski definition) is 1. The topological polar surface area (TPSA) is 44.8 Å². The minimum Gasteiger partial charge on any atom is -0.488 e. The number of halogens is 4. The number of carbonyl (C=O) groups is 1. The number of benzene rings is 3. The van der Waals surface area contributed by atoms with E-state index in [1.165, 1.54) is 0 Å². The Labute approximate surface area is 255 Å². The van der Waals surface area contributed by atoms with Gasteiger partial charge in [-0.2, -0.15) is 4.39 Å². The van der Waals surface area contributed by atoms with E-state index < -0.39 is 23.2 Å². The van der Waals surface area contributed by atoms with Gasteiger partial charge in [-0.1, -0.05) is 54.1 Å². The van der Waals surface area contributed by atoms with Gasteiger partial charge in [-0.15, -0.1) is 0 Å². The third-order valence-corrected chi connectivity index (χ3v) is 8.89. The lowest BCUT2D eigenvalue weighted by Crippen LogP contribution is -2.60. The van der Waals surface area contributed by atoms with Gasteiger partial charge in [0.25, 0.3) is 5.91 Å². The molecule has 0 radical (unpaired) electrons. The predicted octanol–water partition coefficient (Wildman–Crippen LogP) is 6.39. The van der Waals surface area contributed by atoms with Crippen LogP contribution in [0.4, 0.5) is 13.2 Å². The molecule has 1 aliphatic carbocycles. The molecule has 3 aliphatic rings. The Balaban J connectivity index is 1.21. The maximum Gasteiger partial charge on any atom is 0.252 e. The van der Waals surface area contributed by atoms with Gasteiger partial charge in [0.05, 0.1) is 12.6 Å². The maximum absolute atomic E-state index is 14.4. The van der Waals surface area contributed by atoms with Gasteiger partial charge in [-0.3, -0.25) is 4.79 Å². The average molecular weight is 610 g/mol. The highest BCUT2D eigenvalue weighted by Gasteiger charge is 2.42. The zero-order valence-corrected chi connectivity index (χ0v) is 24.8. The third-order valence-electron chi connectivity index (χ3n) is 8.53. The second kappa shape index (κ2) is 12.7. The summed E-state index contributed by atoms with van der Waals surface area (Å²) in [7, 11) is 2.10. The van der Waals surface area contributed by atoms with E-state index in [2.05, 4.69) is 29.4 Å². The third kappa shape index (κ3) is 6.61. The Morgan fingerprint density at radius 3 is 2.51 bits per heavy atom. The van der Waals surface area contributed by atoms with Crippen molar-refractivity contribution in [3.8, 4) is 5.75 Å². The van der Waals surface area contributed by atoms with E-state index >= 15 is 0 Å². The first-order chi connectivity index (χ1) is 20.8. The van der Waals surface area contributed by atoms with Crippen LogP contribution in [0.2, 0.25) is 5.02 Å². The number of amides is 1. The molecule has 1 amide bonds.